The summed E-state index contributed by atoms with van der Waals surface area (Å²) in [6.45, 7) is 9.08. The maximum absolute atomic E-state index is 4.68. The minimum Gasteiger partial charge on any atom is -0.0912 e. The molecule has 8 aromatic rings. The molecule has 0 spiro atoms. The highest BCUT2D eigenvalue weighted by atomic mass is 14.2. The second kappa shape index (κ2) is 10.5. The van der Waals surface area contributed by atoms with E-state index in [2.05, 4.69) is 171 Å². The van der Waals surface area contributed by atoms with Crippen molar-refractivity contribution in [3.8, 4) is 22.3 Å². The van der Waals surface area contributed by atoms with Gasteiger partial charge >= 0.3 is 0 Å². The zero-order chi connectivity index (χ0) is 29.6. The van der Waals surface area contributed by atoms with Gasteiger partial charge in [0, 0.05) is 0 Å². The molecule has 8 aromatic carbocycles. The van der Waals surface area contributed by atoms with Gasteiger partial charge in [0.05, 0.1) is 0 Å². The largest absolute Gasteiger partial charge is 0.0912 e. The molecule has 0 fully saturated rings. The minimum atomic E-state index is 0.974. The lowest BCUT2D eigenvalue weighted by atomic mass is 9.84. The fourth-order valence-corrected chi connectivity index (χ4v) is 6.84. The van der Waals surface area contributed by atoms with Crippen LogP contribution in [0.25, 0.3) is 83.6 Å². The summed E-state index contributed by atoms with van der Waals surface area (Å²) in [6.07, 6.45) is 2.21. The summed E-state index contributed by atoms with van der Waals surface area (Å²) in [6, 6.07) is 54.4. The first kappa shape index (κ1) is 25.9. The second-order valence-corrected chi connectivity index (χ2v) is 11.5. The molecule has 0 unspecified atom stereocenters. The van der Waals surface area contributed by atoms with Crippen molar-refractivity contribution in [2.75, 3.05) is 0 Å². The monoisotopic (exact) mass is 558 g/mol. The van der Waals surface area contributed by atoms with E-state index in [1.807, 2.05) is 0 Å². The highest BCUT2D eigenvalue weighted by Crippen LogP contribution is 2.43. The lowest BCUT2D eigenvalue weighted by molar-refractivity contribution is 1.52. The Morgan fingerprint density at radius 3 is 1.55 bits per heavy atom. The zero-order valence-electron chi connectivity index (χ0n) is 24.4. The van der Waals surface area contributed by atoms with E-state index in [9.17, 15) is 0 Å². The van der Waals surface area contributed by atoms with Gasteiger partial charge < -0.3 is 0 Å². The summed E-state index contributed by atoms with van der Waals surface area (Å²) in [7, 11) is 0. The summed E-state index contributed by atoms with van der Waals surface area (Å²) in [4.78, 5) is 0. The fraction of sp³-hybridized carbons (Fsp3) is 0. The topological polar surface area (TPSA) is 0 Å². The highest BCUT2D eigenvalue weighted by molar-refractivity contribution is 6.22. The fourth-order valence-electron chi connectivity index (χ4n) is 6.84. The average Bonchev–Trinajstić information content (AvgIpc) is 3.07. The molecule has 0 heterocycles. The Bertz CT molecular complexity index is 2460. The molecule has 0 saturated heterocycles. The summed E-state index contributed by atoms with van der Waals surface area (Å²) in [5.74, 6) is 0. The van der Waals surface area contributed by atoms with Crippen molar-refractivity contribution in [1.29, 1.82) is 0 Å². The summed E-state index contributed by atoms with van der Waals surface area (Å²) in [5, 5.41) is 11.9. The van der Waals surface area contributed by atoms with Gasteiger partial charge in [-0.25, -0.2) is 0 Å². The number of hydrogen-bond acceptors (Lipinski definition) is 0. The normalized spacial score (nSPS) is 12.0. The van der Waals surface area contributed by atoms with E-state index in [-0.39, 0.29) is 0 Å². The third-order valence-corrected chi connectivity index (χ3v) is 8.89. The van der Waals surface area contributed by atoms with Crippen molar-refractivity contribution >= 4 is 61.3 Å². The Balaban J connectivity index is 1.37. The number of allylic oxidation sites excluding steroid dienone is 1. The van der Waals surface area contributed by atoms with Crippen molar-refractivity contribution in [2.45, 2.75) is 0 Å². The molecule has 0 radical (unpaired) electrons. The Morgan fingerprint density at radius 2 is 0.932 bits per heavy atom. The number of rotatable bonds is 4. The van der Waals surface area contributed by atoms with Crippen molar-refractivity contribution in [3.05, 3.63) is 174 Å². The van der Waals surface area contributed by atoms with Gasteiger partial charge in [-0.15, -0.1) is 0 Å². The summed E-state index contributed by atoms with van der Waals surface area (Å²) >= 11 is 0. The predicted octanol–water partition coefficient (Wildman–Crippen LogP) is 10.5. The molecule has 0 aliphatic rings. The maximum Gasteiger partial charge on any atom is -0.00201 e. The van der Waals surface area contributed by atoms with Crippen LogP contribution >= 0.6 is 0 Å². The van der Waals surface area contributed by atoms with Crippen LogP contribution in [0.2, 0.25) is 0 Å². The van der Waals surface area contributed by atoms with Crippen LogP contribution < -0.4 is 10.4 Å². The maximum atomic E-state index is 4.68. The highest BCUT2D eigenvalue weighted by Gasteiger charge is 2.17. The van der Waals surface area contributed by atoms with Gasteiger partial charge in [-0.1, -0.05) is 159 Å². The molecule has 206 valence electrons. The molecular weight excluding hydrogens is 528 g/mol. The molecule has 0 aliphatic heterocycles. The van der Waals surface area contributed by atoms with E-state index in [1.54, 1.807) is 0 Å². The molecule has 0 saturated carbocycles. The van der Waals surface area contributed by atoms with E-state index in [4.69, 9.17) is 0 Å². The van der Waals surface area contributed by atoms with E-state index >= 15 is 0 Å². The first-order chi connectivity index (χ1) is 21.7. The Kier molecular flexibility index (Phi) is 6.21. The van der Waals surface area contributed by atoms with Crippen LogP contribution in [0.15, 0.2) is 158 Å². The van der Waals surface area contributed by atoms with Gasteiger partial charge in [0.1, 0.15) is 0 Å². The number of benzene rings is 8. The Labute approximate surface area is 257 Å². The van der Waals surface area contributed by atoms with Gasteiger partial charge in [0.15, 0.2) is 0 Å². The minimum absolute atomic E-state index is 0.974. The van der Waals surface area contributed by atoms with Crippen LogP contribution in [-0.2, 0) is 0 Å². The van der Waals surface area contributed by atoms with Crippen molar-refractivity contribution in [3.63, 3.8) is 0 Å². The first-order valence-electron chi connectivity index (χ1n) is 15.1. The van der Waals surface area contributed by atoms with Crippen molar-refractivity contribution < 1.29 is 0 Å². The smallest absolute Gasteiger partial charge is 0.00201 e. The van der Waals surface area contributed by atoms with Gasteiger partial charge in [-0.05, 0) is 99.1 Å². The zero-order valence-corrected chi connectivity index (χ0v) is 24.4. The Hall–Kier alpha value is -5.72. The lowest BCUT2D eigenvalue weighted by Gasteiger charge is -2.18. The predicted molar refractivity (Wildman–Crippen MR) is 192 cm³/mol. The molecule has 0 atom stereocenters. The van der Waals surface area contributed by atoms with E-state index in [0.29, 0.717) is 0 Å². The van der Waals surface area contributed by atoms with Gasteiger partial charge in [0.25, 0.3) is 0 Å². The van der Waals surface area contributed by atoms with E-state index in [0.717, 1.165) is 21.6 Å². The van der Waals surface area contributed by atoms with Crippen LogP contribution in [0.4, 0.5) is 0 Å². The molecule has 0 N–H and O–H groups in total. The second-order valence-electron chi connectivity index (χ2n) is 11.5. The molecule has 0 aromatic heterocycles. The Morgan fingerprint density at radius 1 is 0.455 bits per heavy atom. The van der Waals surface area contributed by atoms with Crippen molar-refractivity contribution in [2.24, 2.45) is 0 Å². The molecule has 8 rings (SSSR count). The number of fused-ring (bicyclic) bond motifs is 4. The molecule has 44 heavy (non-hydrogen) atoms. The van der Waals surface area contributed by atoms with Crippen LogP contribution in [0.5, 0.6) is 0 Å². The van der Waals surface area contributed by atoms with Crippen LogP contribution in [0.3, 0.4) is 0 Å². The molecule has 0 heteroatoms. The third-order valence-electron chi connectivity index (χ3n) is 8.89. The lowest BCUT2D eigenvalue weighted by Crippen LogP contribution is -2.22. The first-order valence-corrected chi connectivity index (χ1v) is 15.1. The number of hydrogen-bond donors (Lipinski definition) is 0. The molecular formula is C44H30. The van der Waals surface area contributed by atoms with Gasteiger partial charge in [0.2, 0.25) is 0 Å². The quantitative estimate of drug-likeness (QED) is 0.189. The molecule has 0 bridgehead atoms. The molecule has 0 aliphatic carbocycles. The van der Waals surface area contributed by atoms with Gasteiger partial charge in [-0.3, -0.25) is 0 Å². The van der Waals surface area contributed by atoms with E-state index < -0.39 is 0 Å². The van der Waals surface area contributed by atoms with Crippen LogP contribution in [-0.4, -0.2) is 0 Å². The molecule has 0 amide bonds. The standard InChI is InChI=1S/C44H30/c1-29-25-26-33(37-23-11-15-31-13-3-5-17-35(31)37)28-34(29)27-30(2)43-39-19-7-9-21-41(39)44(42-22-10-8-20-40(42)43)38-24-12-16-32-14-4-6-18-36(32)38/h3-28H,1-2H2. The average molecular weight is 559 g/mol. The third kappa shape index (κ3) is 4.23. The van der Waals surface area contributed by atoms with Crippen LogP contribution in [0.1, 0.15) is 5.56 Å². The summed E-state index contributed by atoms with van der Waals surface area (Å²) < 4.78 is 0. The van der Waals surface area contributed by atoms with Gasteiger partial charge in [-0.2, -0.15) is 0 Å². The SMILES string of the molecule is C=C(C=c1cc(-c2cccc3ccccc23)ccc1=C)c1c2ccccc2c(-c2cccc3ccccc23)c2ccccc12. The summed E-state index contributed by atoms with van der Waals surface area (Å²) in [5.41, 5.74) is 7.05. The van der Waals surface area contributed by atoms with Crippen molar-refractivity contribution in [1.82, 2.24) is 0 Å². The van der Waals surface area contributed by atoms with E-state index in [1.165, 1.54) is 65.3 Å². The molecule has 0 nitrogen and oxygen atoms in total. The van der Waals surface area contributed by atoms with Crippen LogP contribution in [0, 0.1) is 0 Å².